The van der Waals surface area contributed by atoms with Crippen LogP contribution in [0.4, 0.5) is 0 Å². The van der Waals surface area contributed by atoms with Crippen LogP contribution in [-0.2, 0) is 0 Å². The lowest BCUT2D eigenvalue weighted by Gasteiger charge is -2.08. The highest BCUT2D eigenvalue weighted by Gasteiger charge is 2.22. The van der Waals surface area contributed by atoms with Gasteiger partial charge in [-0.15, -0.1) is 0 Å². The Hall–Kier alpha value is -18.2. The van der Waals surface area contributed by atoms with Crippen LogP contribution in [-0.4, -0.2) is 62.7 Å². The Labute approximate surface area is 764 Å². The average molecular weight is 1700 g/mol. The van der Waals surface area contributed by atoms with Gasteiger partial charge in [0.1, 0.15) is 28.2 Å². The van der Waals surface area contributed by atoms with E-state index in [1.165, 1.54) is 82.3 Å². The van der Waals surface area contributed by atoms with Gasteiger partial charge >= 0.3 is 0 Å². The maximum absolute atomic E-state index is 4.80. The van der Waals surface area contributed by atoms with Crippen molar-refractivity contribution in [3.63, 3.8) is 0 Å². The monoisotopic (exact) mass is 1700 g/mol. The minimum atomic E-state index is 0.933. The first-order chi connectivity index (χ1) is 66.0. The Morgan fingerprint density at radius 1 is 0.143 bits per heavy atom. The first kappa shape index (κ1) is 78.3. The second kappa shape index (κ2) is 33.9. The number of nitrogens with zero attached hydrogens (tertiary/aromatic N) is 13. The molecule has 27 rings (SSSR count). The second-order valence-corrected chi connectivity index (χ2v) is 33.1. The number of hydrogen-bond acceptors (Lipinski definition) is 8. The largest absolute Gasteiger partial charge is 0.294 e. The van der Waals surface area contributed by atoms with Crippen LogP contribution in [0.2, 0.25) is 0 Å². The van der Waals surface area contributed by atoms with Gasteiger partial charge in [0.05, 0.1) is 44.3 Å². The summed E-state index contributed by atoms with van der Waals surface area (Å²) in [7, 11) is 0. The second-order valence-electron chi connectivity index (χ2n) is 33.1. The molecule has 0 saturated heterocycles. The van der Waals surface area contributed by atoms with Gasteiger partial charge < -0.3 is 0 Å². The highest BCUT2D eigenvalue weighted by atomic mass is 15.1. The van der Waals surface area contributed by atoms with E-state index in [4.69, 9.17) is 29.9 Å². The zero-order chi connectivity index (χ0) is 88.1. The molecule has 0 saturated carbocycles. The summed E-state index contributed by atoms with van der Waals surface area (Å²) in [4.78, 5) is 37.4. The van der Waals surface area contributed by atoms with Gasteiger partial charge in [0.2, 0.25) is 0 Å². The van der Waals surface area contributed by atoms with Crippen LogP contribution in [0.15, 0.2) is 480 Å². The first-order valence-electron chi connectivity index (χ1n) is 44.6. The number of benzene rings is 14. The standard InChI is InChI=1S/C34H22N4.C29H18N4.C29H20N2.C28H19N3/c1-3-9-25(10-4-1)37-31-17-15-23(21-29(31)27-13-7-19-35-33(27)37)24-16-18-32-30(22-24)28-14-8-20-36-34(28)38(32)26-11-5-2-6-12-26;1-2-7-23(8-3-1)33-26-13-12-20(17-25(26)24-9-5-15-31-29(24)33)22-16-21-11-10-19-6-4-14-30-27(19)28(21)32-18-22;1-3-8-21(9-4-1)22-13-15-23(16-14-22)24-17-18-28-27(20-24)26-12-7-19-30-29(26)31(28)25-10-5-2-6-11-25;1-2-7-23(8-3-1)31-27-16-15-22(19-25(27)24-9-6-18-30-28(24)31)20-11-13-21(14-12-20)26-10-4-5-17-29-26/h1-22H;1-18H;1-20H;1-19H. The van der Waals surface area contributed by atoms with Crippen molar-refractivity contribution in [2.24, 2.45) is 0 Å². The molecule has 13 heterocycles. The summed E-state index contributed by atoms with van der Waals surface area (Å²) < 4.78 is 11.2. The molecule has 133 heavy (non-hydrogen) atoms. The highest BCUT2D eigenvalue weighted by Crippen LogP contribution is 2.43. The van der Waals surface area contributed by atoms with E-state index in [2.05, 4.69) is 373 Å². The van der Waals surface area contributed by atoms with Crippen LogP contribution in [0.5, 0.6) is 0 Å². The minimum absolute atomic E-state index is 0.933. The Balaban J connectivity index is 0.0000000979. The lowest BCUT2D eigenvalue weighted by atomic mass is 9.99. The molecule has 0 atom stereocenters. The van der Waals surface area contributed by atoms with E-state index >= 15 is 0 Å². The molecule has 0 N–H and O–H groups in total. The SMILES string of the molecule is c1ccc(-c2ccc(-c3ccc4c(c3)c3cccnc3n4-c3ccccc3)cc2)cc1.c1ccc(-n2c3ccc(-c4ccc(-c5ccccn5)cc4)cc3c3cccnc32)cc1.c1ccc(-n2c3ccc(-c4ccc5c(c4)c4cccnc4n5-c4ccccc4)cc3c3cccnc32)cc1.c1ccc(-n2c3ccc(-c4cnc5c(ccc6cccnc65)c4)cc3c3cccnc32)cc1. The molecule has 0 aliphatic rings. The van der Waals surface area contributed by atoms with E-state index < -0.39 is 0 Å². The molecule has 0 fully saturated rings. The van der Waals surface area contributed by atoms with Crippen molar-refractivity contribution in [2.45, 2.75) is 0 Å². The third kappa shape index (κ3) is 14.4. The summed E-state index contributed by atoms with van der Waals surface area (Å²) in [6, 6.07) is 151. The summed E-state index contributed by atoms with van der Waals surface area (Å²) in [5.41, 5.74) is 32.1. The smallest absolute Gasteiger partial charge is 0.145 e. The lowest BCUT2D eigenvalue weighted by Crippen LogP contribution is -1.94. The van der Waals surface area contributed by atoms with Crippen LogP contribution < -0.4 is 0 Å². The predicted octanol–water partition coefficient (Wildman–Crippen LogP) is 29.7. The van der Waals surface area contributed by atoms with Gasteiger partial charge in [-0.2, -0.15) is 0 Å². The maximum atomic E-state index is 4.80. The number of para-hydroxylation sites is 5. The molecule has 14 aromatic carbocycles. The van der Waals surface area contributed by atoms with Crippen molar-refractivity contribution >= 4 is 131 Å². The molecule has 13 aromatic heterocycles. The van der Waals surface area contributed by atoms with Crippen LogP contribution in [0.1, 0.15) is 0 Å². The molecule has 0 radical (unpaired) electrons. The fourth-order valence-corrected chi connectivity index (χ4v) is 19.1. The number of aromatic nitrogens is 13. The van der Waals surface area contributed by atoms with E-state index in [0.717, 1.165) is 144 Å². The number of rotatable bonds is 11. The Kier molecular flexibility index (Phi) is 19.9. The van der Waals surface area contributed by atoms with Crippen molar-refractivity contribution in [3.05, 3.63) is 480 Å². The third-order valence-electron chi connectivity index (χ3n) is 25.3. The van der Waals surface area contributed by atoms with Crippen molar-refractivity contribution in [1.82, 2.24) is 62.7 Å². The lowest BCUT2D eigenvalue weighted by molar-refractivity contribution is 1.13. The van der Waals surface area contributed by atoms with Crippen molar-refractivity contribution in [3.8, 4) is 95.3 Å². The zero-order valence-corrected chi connectivity index (χ0v) is 71.9. The van der Waals surface area contributed by atoms with Crippen molar-refractivity contribution in [1.29, 1.82) is 0 Å². The Morgan fingerprint density at radius 3 is 0.737 bits per heavy atom. The normalized spacial score (nSPS) is 11.5. The van der Waals surface area contributed by atoms with Crippen LogP contribution >= 0.6 is 0 Å². The summed E-state index contributed by atoms with van der Waals surface area (Å²) >= 11 is 0. The zero-order valence-electron chi connectivity index (χ0n) is 71.9. The molecule has 13 heteroatoms. The van der Waals surface area contributed by atoms with Crippen molar-refractivity contribution in [2.75, 3.05) is 0 Å². The van der Waals surface area contributed by atoms with Gasteiger partial charge in [-0.3, -0.25) is 37.8 Å². The molecule has 0 unspecified atom stereocenters. The minimum Gasteiger partial charge on any atom is -0.294 e. The van der Waals surface area contributed by atoms with E-state index in [1.807, 2.05) is 141 Å². The summed E-state index contributed by atoms with van der Waals surface area (Å²) in [5.74, 6) is 0. The molecule has 0 aliphatic carbocycles. The number of hydrogen-bond donors (Lipinski definition) is 0. The number of fused-ring (bicyclic) bond motifs is 18. The molecule has 0 amide bonds. The Bertz CT molecular complexity index is 8640. The fraction of sp³-hybridized carbons (Fsp3) is 0. The van der Waals surface area contributed by atoms with Gasteiger partial charge in [-0.1, -0.05) is 224 Å². The predicted molar refractivity (Wildman–Crippen MR) is 547 cm³/mol. The quantitative estimate of drug-likeness (QED) is 0.117. The topological polar surface area (TPSA) is 128 Å². The van der Waals surface area contributed by atoms with E-state index in [-0.39, 0.29) is 0 Å². The van der Waals surface area contributed by atoms with Crippen molar-refractivity contribution < 1.29 is 0 Å². The van der Waals surface area contributed by atoms with Crippen LogP contribution in [0.25, 0.3) is 227 Å². The average Bonchev–Trinajstić information content (AvgIpc) is 1.59. The molecular formula is C120H79N13. The van der Waals surface area contributed by atoms with Crippen LogP contribution in [0.3, 0.4) is 0 Å². The highest BCUT2D eigenvalue weighted by molar-refractivity contribution is 6.15. The molecule has 13 nitrogen and oxygen atoms in total. The number of pyridine rings is 8. The summed E-state index contributed by atoms with van der Waals surface area (Å²) in [6.07, 6.45) is 14.9. The molecule has 624 valence electrons. The maximum Gasteiger partial charge on any atom is 0.145 e. The van der Waals surface area contributed by atoms with Gasteiger partial charge in [-0.05, 0) is 256 Å². The molecular weight excluding hydrogens is 1620 g/mol. The molecule has 27 aromatic rings. The van der Waals surface area contributed by atoms with Gasteiger partial charge in [0.25, 0.3) is 0 Å². The van der Waals surface area contributed by atoms with E-state index in [0.29, 0.717) is 0 Å². The molecule has 0 spiro atoms. The van der Waals surface area contributed by atoms with Gasteiger partial charge in [0, 0.05) is 154 Å². The van der Waals surface area contributed by atoms with E-state index in [1.54, 1.807) is 0 Å². The Morgan fingerprint density at radius 2 is 0.398 bits per heavy atom. The third-order valence-corrected chi connectivity index (χ3v) is 25.3. The van der Waals surface area contributed by atoms with Gasteiger partial charge in [0.15, 0.2) is 0 Å². The van der Waals surface area contributed by atoms with E-state index in [9.17, 15) is 0 Å². The summed E-state index contributed by atoms with van der Waals surface area (Å²) in [6.45, 7) is 0. The molecule has 0 bridgehead atoms. The molecule has 0 aliphatic heterocycles. The van der Waals surface area contributed by atoms with Crippen LogP contribution in [0, 0.1) is 0 Å². The summed E-state index contributed by atoms with van der Waals surface area (Å²) in [5, 5.41) is 14.0. The first-order valence-corrected chi connectivity index (χ1v) is 44.6. The van der Waals surface area contributed by atoms with Gasteiger partial charge in [-0.25, -0.2) is 24.9 Å². The fourth-order valence-electron chi connectivity index (χ4n) is 19.1.